The van der Waals surface area contributed by atoms with Crippen molar-refractivity contribution in [3.8, 4) is 123 Å². The largest absolute Gasteiger partial charge is 0.256 e. The van der Waals surface area contributed by atoms with Gasteiger partial charge in [0, 0.05) is 45.2 Å². The van der Waals surface area contributed by atoms with Crippen molar-refractivity contribution in [3.63, 3.8) is 0 Å². The summed E-state index contributed by atoms with van der Waals surface area (Å²) in [5.41, 5.74) is 37.3. The number of hydrogen-bond acceptors (Lipinski definition) is 2. The van der Waals surface area contributed by atoms with Gasteiger partial charge in [-0.3, -0.25) is 9.97 Å². The molecule has 0 aliphatic heterocycles. The first-order valence-electron chi connectivity index (χ1n) is 29.8. The molecule has 0 unspecified atom stereocenters. The second-order valence-corrected chi connectivity index (χ2v) is 26.1. The van der Waals surface area contributed by atoms with E-state index in [9.17, 15) is 0 Å². The summed E-state index contributed by atoms with van der Waals surface area (Å²) < 4.78 is 0. The molecule has 4 aliphatic rings. The third-order valence-corrected chi connectivity index (χ3v) is 20.1. The number of nitrogens with zero attached hydrogens (tertiary/aromatic N) is 2. The van der Waals surface area contributed by atoms with Crippen molar-refractivity contribution in [1.29, 1.82) is 0 Å². The Balaban J connectivity index is 0.743. The van der Waals surface area contributed by atoms with Gasteiger partial charge in [-0.05, 0) is 217 Å². The smallest absolute Gasteiger partial charge is 0.0702 e. The number of fused-ring (bicyclic) bond motifs is 12. The van der Waals surface area contributed by atoms with E-state index >= 15 is 0 Å². The summed E-state index contributed by atoms with van der Waals surface area (Å²) in [7, 11) is 0. The van der Waals surface area contributed by atoms with Gasteiger partial charge in [0.25, 0.3) is 0 Å². The lowest BCUT2D eigenvalue weighted by Gasteiger charge is -2.24. The summed E-state index contributed by atoms with van der Waals surface area (Å²) in [6.07, 6.45) is 3.78. The van der Waals surface area contributed by atoms with E-state index in [1.54, 1.807) is 0 Å². The molecule has 16 rings (SSSR count). The molecule has 12 aromatic rings. The Morgan fingerprint density at radius 2 is 0.440 bits per heavy atom. The van der Waals surface area contributed by atoms with E-state index in [1.165, 1.54) is 145 Å². The summed E-state index contributed by atoms with van der Waals surface area (Å²) in [5, 5.41) is 0. The second-order valence-electron chi connectivity index (χ2n) is 26.1. The zero-order valence-corrected chi connectivity index (χ0v) is 49.0. The van der Waals surface area contributed by atoms with Crippen LogP contribution in [0.25, 0.3) is 123 Å². The fourth-order valence-corrected chi connectivity index (χ4v) is 15.4. The summed E-state index contributed by atoms with van der Waals surface area (Å²) in [4.78, 5) is 9.61. The van der Waals surface area contributed by atoms with Crippen LogP contribution in [0.4, 0.5) is 0 Å². The molecule has 0 fully saturated rings. The van der Waals surface area contributed by atoms with Crippen molar-refractivity contribution in [2.24, 2.45) is 0 Å². The maximum absolute atomic E-state index is 4.81. The SMILES string of the molecule is CC1(C)c2ccccc2-c2ccc(-c3ccc(-c4ccccn4)cc3-c3ccc4c(c3)C(C)(C)c3cc(-c5ccc6c(c5)C(C)(C)c5cc(-c7cc(-c8ccccn8)ccc7-c7ccc8c(c7)C(C)(C)c7ccccc7-8)ccc5-6)ccc3-4)cc21. The minimum Gasteiger partial charge on any atom is -0.256 e. The van der Waals surface area contributed by atoms with E-state index in [-0.39, 0.29) is 21.7 Å². The molecule has 0 saturated carbocycles. The molecule has 0 spiro atoms. The first-order valence-corrected chi connectivity index (χ1v) is 29.8. The Labute approximate surface area is 494 Å². The molecule has 0 N–H and O–H groups in total. The summed E-state index contributed by atoms with van der Waals surface area (Å²) in [6.45, 7) is 19.1. The number of pyridine rings is 2. The van der Waals surface area contributed by atoms with Gasteiger partial charge in [-0.15, -0.1) is 0 Å². The Morgan fingerprint density at radius 3 is 0.774 bits per heavy atom. The lowest BCUT2D eigenvalue weighted by atomic mass is 9.79. The average Bonchev–Trinajstić information content (AvgIpc) is 2.07. The van der Waals surface area contributed by atoms with Crippen LogP contribution < -0.4 is 0 Å². The molecule has 4 aliphatic carbocycles. The van der Waals surface area contributed by atoms with Gasteiger partial charge < -0.3 is 0 Å². The van der Waals surface area contributed by atoms with Crippen LogP contribution in [0.3, 0.4) is 0 Å². The molecular formula is C82H64N2. The predicted molar refractivity (Wildman–Crippen MR) is 350 cm³/mol. The standard InChI is InChI=1S/C82H64N2/c1-79(2)69-19-11-9-17-59(69)61-35-25-51(45-73(61)79)57-31-29-55(77-21-13-15-39-83-77)41-67(57)53-27-37-65-63-33-23-49(43-71(63)81(5,6)75(65)47-53)50-24-34-64-66-38-28-54(48-76(66)82(7,8)72(64)44-50)68-42-56(78-22-14-16-40-84-78)30-32-58(68)52-26-36-62-60-18-10-12-20-70(60)80(3,4)74(62)46-52/h9-48H,1-8H3. The maximum Gasteiger partial charge on any atom is 0.0702 e. The molecule has 2 heterocycles. The Morgan fingerprint density at radius 1 is 0.190 bits per heavy atom. The van der Waals surface area contributed by atoms with E-state index in [1.807, 2.05) is 24.5 Å². The van der Waals surface area contributed by atoms with E-state index in [2.05, 4.69) is 274 Å². The van der Waals surface area contributed by atoms with E-state index < -0.39 is 0 Å². The molecule has 402 valence electrons. The van der Waals surface area contributed by atoms with Crippen molar-refractivity contribution < 1.29 is 0 Å². The van der Waals surface area contributed by atoms with Crippen molar-refractivity contribution in [3.05, 3.63) is 287 Å². The van der Waals surface area contributed by atoms with Gasteiger partial charge in [0.05, 0.1) is 11.4 Å². The van der Waals surface area contributed by atoms with Gasteiger partial charge in [0.2, 0.25) is 0 Å². The normalized spacial score (nSPS) is 15.3. The van der Waals surface area contributed by atoms with Crippen molar-refractivity contribution >= 4 is 0 Å². The molecule has 0 atom stereocenters. The monoisotopic (exact) mass is 1080 g/mol. The van der Waals surface area contributed by atoms with E-state index in [0.717, 1.165) is 22.5 Å². The average molecular weight is 1080 g/mol. The van der Waals surface area contributed by atoms with Crippen LogP contribution >= 0.6 is 0 Å². The Kier molecular flexibility index (Phi) is 10.8. The highest BCUT2D eigenvalue weighted by Crippen LogP contribution is 2.56. The van der Waals surface area contributed by atoms with Gasteiger partial charge in [0.1, 0.15) is 0 Å². The van der Waals surface area contributed by atoms with E-state index in [4.69, 9.17) is 9.97 Å². The fourth-order valence-electron chi connectivity index (χ4n) is 15.4. The molecule has 0 amide bonds. The summed E-state index contributed by atoms with van der Waals surface area (Å²) in [5.74, 6) is 0. The fraction of sp³-hybridized carbons (Fsp3) is 0.146. The molecule has 2 aromatic heterocycles. The molecular weight excluding hydrogens is 1010 g/mol. The highest BCUT2D eigenvalue weighted by atomic mass is 14.7. The zero-order chi connectivity index (χ0) is 57.0. The minimum atomic E-state index is -0.241. The van der Waals surface area contributed by atoms with Crippen molar-refractivity contribution in [1.82, 2.24) is 9.97 Å². The topological polar surface area (TPSA) is 25.8 Å². The van der Waals surface area contributed by atoms with Crippen molar-refractivity contribution in [2.75, 3.05) is 0 Å². The third-order valence-electron chi connectivity index (χ3n) is 20.1. The van der Waals surface area contributed by atoms with Crippen LogP contribution in [0.2, 0.25) is 0 Å². The number of aromatic nitrogens is 2. The zero-order valence-electron chi connectivity index (χ0n) is 49.0. The quantitative estimate of drug-likeness (QED) is 0.159. The summed E-state index contributed by atoms with van der Waals surface area (Å²) in [6, 6.07) is 87.2. The highest BCUT2D eigenvalue weighted by molar-refractivity contribution is 5.95. The van der Waals surface area contributed by atoms with Crippen LogP contribution in [-0.2, 0) is 21.7 Å². The van der Waals surface area contributed by atoms with Gasteiger partial charge in [-0.25, -0.2) is 0 Å². The lowest BCUT2D eigenvalue weighted by Crippen LogP contribution is -2.15. The molecule has 2 heteroatoms. The Bertz CT molecular complexity index is 4460. The summed E-state index contributed by atoms with van der Waals surface area (Å²) >= 11 is 0. The van der Waals surface area contributed by atoms with Gasteiger partial charge in [-0.2, -0.15) is 0 Å². The van der Waals surface area contributed by atoms with Crippen LogP contribution in [0.5, 0.6) is 0 Å². The minimum absolute atomic E-state index is 0.0970. The maximum atomic E-state index is 4.81. The van der Waals surface area contributed by atoms with Crippen LogP contribution in [-0.4, -0.2) is 9.97 Å². The lowest BCUT2D eigenvalue weighted by molar-refractivity contribution is 0.660. The molecule has 0 saturated heterocycles. The third kappa shape index (κ3) is 7.35. The van der Waals surface area contributed by atoms with Gasteiger partial charge in [-0.1, -0.05) is 213 Å². The van der Waals surface area contributed by atoms with Crippen LogP contribution in [0, 0.1) is 0 Å². The molecule has 84 heavy (non-hydrogen) atoms. The molecule has 0 radical (unpaired) electrons. The van der Waals surface area contributed by atoms with E-state index in [0.29, 0.717) is 0 Å². The highest BCUT2D eigenvalue weighted by Gasteiger charge is 2.40. The Hall–Kier alpha value is -9.50. The first kappa shape index (κ1) is 50.2. The molecule has 2 nitrogen and oxygen atoms in total. The number of benzene rings is 10. The van der Waals surface area contributed by atoms with Crippen LogP contribution in [0.1, 0.15) is 99.9 Å². The molecule has 10 aromatic carbocycles. The first-order chi connectivity index (χ1) is 40.6. The molecule has 0 bridgehead atoms. The number of rotatable bonds is 7. The number of hydrogen-bond donors (Lipinski definition) is 0. The van der Waals surface area contributed by atoms with Gasteiger partial charge in [0.15, 0.2) is 0 Å². The van der Waals surface area contributed by atoms with Gasteiger partial charge >= 0.3 is 0 Å². The van der Waals surface area contributed by atoms with Crippen molar-refractivity contribution in [2.45, 2.75) is 77.0 Å². The second kappa shape index (κ2) is 18.0. The van der Waals surface area contributed by atoms with Crippen LogP contribution in [0.15, 0.2) is 243 Å². The predicted octanol–water partition coefficient (Wildman–Crippen LogP) is 21.4.